The normalized spacial score (nSPS) is 26.8. The second kappa shape index (κ2) is 5.98. The van der Waals surface area contributed by atoms with Crippen LogP contribution in [0.4, 0.5) is 0 Å². The summed E-state index contributed by atoms with van der Waals surface area (Å²) in [5.74, 6) is 0. The van der Waals surface area contributed by atoms with Crippen molar-refractivity contribution in [2.24, 2.45) is 5.73 Å². The lowest BCUT2D eigenvalue weighted by molar-refractivity contribution is 0.322. The summed E-state index contributed by atoms with van der Waals surface area (Å²) in [5.41, 5.74) is 7.27. The summed E-state index contributed by atoms with van der Waals surface area (Å²) in [6.07, 6.45) is 4.74. The number of nitrogens with two attached hydrogens (primary N) is 1. The molecule has 2 nitrogen and oxygen atoms in total. The highest BCUT2D eigenvalue weighted by Crippen LogP contribution is 2.22. The zero-order valence-corrected chi connectivity index (χ0v) is 11.9. The van der Waals surface area contributed by atoms with Crippen LogP contribution in [0.2, 0.25) is 0 Å². The molecule has 0 saturated heterocycles. The number of halogens is 1. The van der Waals surface area contributed by atoms with Crippen LogP contribution in [0.1, 0.15) is 44.2 Å². The molecule has 0 spiro atoms. The minimum Gasteiger partial charge on any atom is -0.328 e. The van der Waals surface area contributed by atoms with Crippen LogP contribution in [0.3, 0.4) is 0 Å². The number of rotatable bonds is 3. The Hall–Kier alpha value is -0.380. The van der Waals surface area contributed by atoms with Gasteiger partial charge in [-0.2, -0.15) is 0 Å². The van der Waals surface area contributed by atoms with Crippen molar-refractivity contribution in [1.29, 1.82) is 0 Å². The molecular formula is C14H21BrN2. The summed E-state index contributed by atoms with van der Waals surface area (Å²) in [6.45, 7) is 2.23. The Morgan fingerprint density at radius 3 is 2.35 bits per heavy atom. The average molecular weight is 297 g/mol. The van der Waals surface area contributed by atoms with Crippen LogP contribution in [0.15, 0.2) is 28.7 Å². The van der Waals surface area contributed by atoms with E-state index in [1.165, 1.54) is 18.4 Å². The second-order valence-corrected chi connectivity index (χ2v) is 5.97. The molecule has 0 aromatic heterocycles. The van der Waals surface area contributed by atoms with Gasteiger partial charge >= 0.3 is 0 Å². The second-order valence-electron chi connectivity index (χ2n) is 5.05. The summed E-state index contributed by atoms with van der Waals surface area (Å²) >= 11 is 3.47. The summed E-state index contributed by atoms with van der Waals surface area (Å²) in [6, 6.07) is 10.0. The molecule has 3 N–H and O–H groups in total. The number of hydrogen-bond acceptors (Lipinski definition) is 2. The summed E-state index contributed by atoms with van der Waals surface area (Å²) in [5, 5.41) is 3.70. The maximum atomic E-state index is 5.92. The van der Waals surface area contributed by atoms with E-state index in [9.17, 15) is 0 Å². The molecule has 0 unspecified atom stereocenters. The van der Waals surface area contributed by atoms with E-state index in [2.05, 4.69) is 52.4 Å². The summed E-state index contributed by atoms with van der Waals surface area (Å²) in [7, 11) is 0. The van der Waals surface area contributed by atoms with Gasteiger partial charge < -0.3 is 11.1 Å². The van der Waals surface area contributed by atoms with Gasteiger partial charge in [0.25, 0.3) is 0 Å². The average Bonchev–Trinajstić information content (AvgIpc) is 2.33. The maximum Gasteiger partial charge on any atom is 0.0294 e. The molecule has 1 saturated carbocycles. The highest BCUT2D eigenvalue weighted by atomic mass is 79.9. The molecule has 1 aliphatic carbocycles. The molecule has 94 valence electrons. The Labute approximate surface area is 112 Å². The minimum atomic E-state index is 0.419. The predicted octanol–water partition coefficient (Wildman–Crippen LogP) is 3.37. The van der Waals surface area contributed by atoms with Gasteiger partial charge in [-0.15, -0.1) is 0 Å². The minimum absolute atomic E-state index is 0.419. The molecule has 1 aromatic rings. The first-order chi connectivity index (χ1) is 8.15. The number of benzene rings is 1. The van der Waals surface area contributed by atoms with Crippen LogP contribution < -0.4 is 11.1 Å². The van der Waals surface area contributed by atoms with Crippen LogP contribution in [-0.2, 0) is 0 Å². The van der Waals surface area contributed by atoms with Gasteiger partial charge in [0.1, 0.15) is 0 Å². The van der Waals surface area contributed by atoms with E-state index in [1.807, 2.05) is 0 Å². The Morgan fingerprint density at radius 2 is 1.76 bits per heavy atom. The highest BCUT2D eigenvalue weighted by Gasteiger charge is 2.19. The first-order valence-electron chi connectivity index (χ1n) is 6.42. The Morgan fingerprint density at radius 1 is 1.18 bits per heavy atom. The Kier molecular flexibility index (Phi) is 4.60. The lowest BCUT2D eigenvalue weighted by Gasteiger charge is -2.29. The quantitative estimate of drug-likeness (QED) is 0.897. The van der Waals surface area contributed by atoms with Crippen LogP contribution in [0.5, 0.6) is 0 Å². The number of hydrogen-bond donors (Lipinski definition) is 2. The van der Waals surface area contributed by atoms with Crippen molar-refractivity contribution in [1.82, 2.24) is 5.32 Å². The fourth-order valence-corrected chi connectivity index (χ4v) is 2.75. The SMILES string of the molecule is C[C@@H](NC1CCC(N)CC1)c1ccc(Br)cc1. The molecule has 1 aromatic carbocycles. The molecule has 0 bridgehead atoms. The topological polar surface area (TPSA) is 38.0 Å². The zero-order chi connectivity index (χ0) is 12.3. The molecule has 2 rings (SSSR count). The lowest BCUT2D eigenvalue weighted by atomic mass is 9.91. The lowest BCUT2D eigenvalue weighted by Crippen LogP contribution is -2.38. The standard InChI is InChI=1S/C14H21BrN2/c1-10(11-2-4-12(15)5-3-11)17-14-8-6-13(16)7-9-14/h2-5,10,13-14,17H,6-9,16H2,1H3/t10-,13?,14?/m1/s1. The van der Waals surface area contributed by atoms with Gasteiger partial charge in [-0.3, -0.25) is 0 Å². The van der Waals surface area contributed by atoms with Crippen molar-refractivity contribution in [3.8, 4) is 0 Å². The molecule has 0 amide bonds. The van der Waals surface area contributed by atoms with E-state index in [4.69, 9.17) is 5.73 Å². The van der Waals surface area contributed by atoms with E-state index in [0.29, 0.717) is 18.1 Å². The van der Waals surface area contributed by atoms with Crippen molar-refractivity contribution >= 4 is 15.9 Å². The van der Waals surface area contributed by atoms with Crippen molar-refractivity contribution in [3.63, 3.8) is 0 Å². The van der Waals surface area contributed by atoms with Gasteiger partial charge in [0.2, 0.25) is 0 Å². The molecule has 0 heterocycles. The van der Waals surface area contributed by atoms with Gasteiger partial charge in [0, 0.05) is 22.6 Å². The third-order valence-electron chi connectivity index (χ3n) is 3.63. The molecule has 1 fully saturated rings. The van der Waals surface area contributed by atoms with Crippen LogP contribution in [0.25, 0.3) is 0 Å². The summed E-state index contributed by atoms with van der Waals surface area (Å²) in [4.78, 5) is 0. The van der Waals surface area contributed by atoms with Gasteiger partial charge in [-0.05, 0) is 50.3 Å². The molecule has 0 aliphatic heterocycles. The van der Waals surface area contributed by atoms with Crippen LogP contribution in [0, 0.1) is 0 Å². The van der Waals surface area contributed by atoms with Crippen LogP contribution >= 0.6 is 15.9 Å². The van der Waals surface area contributed by atoms with Crippen molar-refractivity contribution in [2.75, 3.05) is 0 Å². The maximum absolute atomic E-state index is 5.92. The fraction of sp³-hybridized carbons (Fsp3) is 0.571. The fourth-order valence-electron chi connectivity index (χ4n) is 2.49. The van der Waals surface area contributed by atoms with Gasteiger partial charge in [0.15, 0.2) is 0 Å². The smallest absolute Gasteiger partial charge is 0.0294 e. The van der Waals surface area contributed by atoms with Crippen molar-refractivity contribution in [2.45, 2.75) is 50.7 Å². The zero-order valence-electron chi connectivity index (χ0n) is 10.3. The highest BCUT2D eigenvalue weighted by molar-refractivity contribution is 9.10. The monoisotopic (exact) mass is 296 g/mol. The Balaban J connectivity index is 1.88. The van der Waals surface area contributed by atoms with E-state index in [0.717, 1.165) is 17.3 Å². The molecule has 17 heavy (non-hydrogen) atoms. The largest absolute Gasteiger partial charge is 0.328 e. The summed E-state index contributed by atoms with van der Waals surface area (Å²) < 4.78 is 1.14. The van der Waals surface area contributed by atoms with E-state index in [-0.39, 0.29) is 0 Å². The molecule has 1 aliphatic rings. The molecular weight excluding hydrogens is 276 g/mol. The van der Waals surface area contributed by atoms with Crippen molar-refractivity contribution < 1.29 is 0 Å². The van der Waals surface area contributed by atoms with Gasteiger partial charge in [-0.25, -0.2) is 0 Å². The Bertz CT molecular complexity index is 342. The first-order valence-corrected chi connectivity index (χ1v) is 7.21. The molecule has 1 atom stereocenters. The molecule has 0 radical (unpaired) electrons. The third kappa shape index (κ3) is 3.80. The van der Waals surface area contributed by atoms with E-state index < -0.39 is 0 Å². The van der Waals surface area contributed by atoms with E-state index >= 15 is 0 Å². The number of nitrogens with one attached hydrogen (secondary N) is 1. The first kappa shape index (κ1) is 13.1. The van der Waals surface area contributed by atoms with Gasteiger partial charge in [0.05, 0.1) is 0 Å². The third-order valence-corrected chi connectivity index (χ3v) is 4.16. The predicted molar refractivity (Wildman–Crippen MR) is 75.9 cm³/mol. The van der Waals surface area contributed by atoms with Gasteiger partial charge in [-0.1, -0.05) is 28.1 Å². The molecule has 3 heteroatoms. The van der Waals surface area contributed by atoms with E-state index in [1.54, 1.807) is 0 Å². The van der Waals surface area contributed by atoms with Crippen molar-refractivity contribution in [3.05, 3.63) is 34.3 Å². The van der Waals surface area contributed by atoms with Crippen LogP contribution in [-0.4, -0.2) is 12.1 Å².